The van der Waals surface area contributed by atoms with E-state index in [0.29, 0.717) is 18.3 Å². The summed E-state index contributed by atoms with van der Waals surface area (Å²) >= 11 is 3.64. The van der Waals surface area contributed by atoms with Crippen LogP contribution in [0.5, 0.6) is 0 Å². The van der Waals surface area contributed by atoms with Crippen LogP contribution in [0.25, 0.3) is 10.9 Å². The van der Waals surface area contributed by atoms with Crippen molar-refractivity contribution in [3.8, 4) is 0 Å². The number of nitrogens with one attached hydrogen (secondary N) is 1. The van der Waals surface area contributed by atoms with Gasteiger partial charge in [0.05, 0.1) is 11.1 Å². The van der Waals surface area contributed by atoms with Crippen molar-refractivity contribution in [1.82, 2.24) is 9.88 Å². The highest BCUT2D eigenvalue weighted by Crippen LogP contribution is 2.44. The Bertz CT molecular complexity index is 1000. The van der Waals surface area contributed by atoms with Crippen LogP contribution < -0.4 is 5.32 Å². The van der Waals surface area contributed by atoms with Crippen molar-refractivity contribution in [2.24, 2.45) is 0 Å². The summed E-state index contributed by atoms with van der Waals surface area (Å²) in [5.41, 5.74) is 3.74. The maximum atomic E-state index is 13.3. The van der Waals surface area contributed by atoms with E-state index in [-0.39, 0.29) is 12.0 Å². The van der Waals surface area contributed by atoms with E-state index in [2.05, 4.69) is 51.5 Å². The molecule has 0 saturated carbocycles. The number of hydrogen-bond acceptors (Lipinski definition) is 4. The number of hydrogen-bond donors (Lipinski definition) is 1. The van der Waals surface area contributed by atoms with Gasteiger partial charge in [0.1, 0.15) is 12.3 Å². The van der Waals surface area contributed by atoms with Crippen molar-refractivity contribution in [1.29, 1.82) is 0 Å². The molecule has 3 heterocycles. The van der Waals surface area contributed by atoms with Gasteiger partial charge in [0.15, 0.2) is 0 Å². The zero-order valence-electron chi connectivity index (χ0n) is 19.6. The Hall–Kier alpha value is -1.15. The molecule has 1 fully saturated rings. The van der Waals surface area contributed by atoms with E-state index in [1.54, 1.807) is 0 Å². The van der Waals surface area contributed by atoms with Gasteiger partial charge in [-0.3, -0.25) is 0 Å². The minimum Gasteiger partial charge on any atom is -0.456 e. The second-order valence-corrected chi connectivity index (χ2v) is 17.6. The third-order valence-electron chi connectivity index (χ3n) is 6.18. The van der Waals surface area contributed by atoms with Gasteiger partial charge in [-0.1, -0.05) is 19.6 Å². The van der Waals surface area contributed by atoms with E-state index >= 15 is 0 Å². The summed E-state index contributed by atoms with van der Waals surface area (Å²) in [7, 11) is -1.14. The number of carbonyl (C=O) groups excluding carboxylic acids is 1. The van der Waals surface area contributed by atoms with Gasteiger partial charge in [-0.25, -0.2) is 4.79 Å². The minimum atomic E-state index is -1.14. The Morgan fingerprint density at radius 2 is 2.00 bits per heavy atom. The molecule has 7 heteroatoms. The minimum absolute atomic E-state index is 0.273. The molecule has 2 aliphatic rings. The number of carbonyl (C=O) groups is 1. The number of rotatable bonds is 6. The molecule has 1 saturated heterocycles. The highest BCUT2D eigenvalue weighted by atomic mass is 79.9. The quantitative estimate of drug-likeness (QED) is 0.295. The lowest BCUT2D eigenvalue weighted by Crippen LogP contribution is -2.33. The molecule has 4 rings (SSSR count). The molecule has 0 spiro atoms. The van der Waals surface area contributed by atoms with Crippen molar-refractivity contribution in [3.63, 3.8) is 0 Å². The number of aromatic nitrogens is 1. The second-order valence-electron chi connectivity index (χ2n) is 11.2. The van der Waals surface area contributed by atoms with Crippen molar-refractivity contribution in [2.75, 3.05) is 6.61 Å². The first-order valence-corrected chi connectivity index (χ1v) is 15.9. The number of nitrogens with zero attached hydrogens (tertiary/aromatic N) is 1. The van der Waals surface area contributed by atoms with Crippen LogP contribution in [-0.2, 0) is 22.6 Å². The fourth-order valence-corrected chi connectivity index (χ4v) is 5.99. The first-order valence-electron chi connectivity index (χ1n) is 11.4. The van der Waals surface area contributed by atoms with Gasteiger partial charge in [-0.15, -0.1) is 0 Å². The molecule has 1 N–H and O–H groups in total. The molecule has 2 atom stereocenters. The van der Waals surface area contributed by atoms with E-state index in [1.807, 2.05) is 26.8 Å². The van der Waals surface area contributed by atoms with Gasteiger partial charge in [0, 0.05) is 48.7 Å². The summed E-state index contributed by atoms with van der Waals surface area (Å²) in [5.74, 6) is -0.273. The molecule has 2 bridgehead atoms. The Morgan fingerprint density at radius 1 is 1.26 bits per heavy atom. The number of benzene rings is 1. The van der Waals surface area contributed by atoms with Gasteiger partial charge in [-0.2, -0.15) is 0 Å². The summed E-state index contributed by atoms with van der Waals surface area (Å²) in [6.45, 7) is 14.2. The second kappa shape index (κ2) is 8.32. The zero-order valence-corrected chi connectivity index (χ0v) is 22.2. The van der Waals surface area contributed by atoms with Gasteiger partial charge in [0.25, 0.3) is 0 Å². The molecule has 5 nitrogen and oxygen atoms in total. The summed E-state index contributed by atoms with van der Waals surface area (Å²) in [6.07, 6.45) is 3.25. The molecule has 1 aromatic heterocycles. The van der Waals surface area contributed by atoms with Gasteiger partial charge in [0.2, 0.25) is 0 Å². The van der Waals surface area contributed by atoms with Crippen LogP contribution in [0.15, 0.2) is 16.6 Å². The first kappa shape index (κ1) is 23.0. The highest BCUT2D eigenvalue weighted by Gasteiger charge is 2.38. The molecule has 0 radical (unpaired) electrons. The van der Waals surface area contributed by atoms with Gasteiger partial charge < -0.3 is 19.4 Å². The molecule has 2 unspecified atom stereocenters. The molecule has 2 aromatic rings. The summed E-state index contributed by atoms with van der Waals surface area (Å²) in [4.78, 5) is 13.3. The third-order valence-corrected chi connectivity index (χ3v) is 8.54. The third kappa shape index (κ3) is 4.80. The average Bonchev–Trinajstić information content (AvgIpc) is 3.15. The Kier molecular flexibility index (Phi) is 6.18. The molecule has 0 aliphatic carbocycles. The topological polar surface area (TPSA) is 52.5 Å². The smallest absolute Gasteiger partial charge is 0.340 e. The summed E-state index contributed by atoms with van der Waals surface area (Å²) in [5, 5.41) is 4.78. The van der Waals surface area contributed by atoms with Gasteiger partial charge >= 0.3 is 5.97 Å². The lowest BCUT2D eigenvalue weighted by Gasteiger charge is -2.24. The van der Waals surface area contributed by atoms with Crippen molar-refractivity contribution < 1.29 is 14.3 Å². The molecule has 2 aliphatic heterocycles. The lowest BCUT2D eigenvalue weighted by molar-refractivity contribution is 0.00707. The normalized spacial score (nSPS) is 20.9. The number of ether oxygens (including phenoxy) is 2. The molecule has 0 amide bonds. The largest absolute Gasteiger partial charge is 0.456 e. The lowest BCUT2D eigenvalue weighted by atomic mass is 9.96. The van der Waals surface area contributed by atoms with Crippen LogP contribution >= 0.6 is 15.9 Å². The number of halogens is 1. The highest BCUT2D eigenvalue weighted by molar-refractivity contribution is 9.10. The van der Waals surface area contributed by atoms with E-state index in [1.165, 1.54) is 17.7 Å². The maximum Gasteiger partial charge on any atom is 0.340 e. The van der Waals surface area contributed by atoms with Crippen molar-refractivity contribution in [2.45, 2.75) is 90.1 Å². The molecule has 31 heavy (non-hydrogen) atoms. The SMILES string of the molecule is CC(C)(C)OC(=O)c1c(Br)ccc2c1c1c(n2COCC[Si](C)(C)C)CC2CCC1N2. The summed E-state index contributed by atoms with van der Waals surface area (Å²) in [6, 6.07) is 6.03. The van der Waals surface area contributed by atoms with Crippen LogP contribution in [-0.4, -0.2) is 36.9 Å². The zero-order chi connectivity index (χ0) is 22.6. The Morgan fingerprint density at radius 3 is 2.68 bits per heavy atom. The van der Waals surface area contributed by atoms with E-state index in [4.69, 9.17) is 9.47 Å². The van der Waals surface area contributed by atoms with E-state index < -0.39 is 13.7 Å². The van der Waals surface area contributed by atoms with Crippen LogP contribution in [0.2, 0.25) is 25.7 Å². The fraction of sp³-hybridized carbons (Fsp3) is 0.625. The monoisotopic (exact) mass is 506 g/mol. The average molecular weight is 508 g/mol. The summed E-state index contributed by atoms with van der Waals surface area (Å²) < 4.78 is 15.1. The van der Waals surface area contributed by atoms with Crippen LogP contribution in [0.3, 0.4) is 0 Å². The number of fused-ring (bicyclic) bond motifs is 6. The fourth-order valence-electron chi connectivity index (χ4n) is 4.75. The Labute approximate surface area is 195 Å². The molecule has 170 valence electrons. The molecule has 1 aromatic carbocycles. The molecular weight excluding hydrogens is 472 g/mol. The van der Waals surface area contributed by atoms with E-state index in [0.717, 1.165) is 40.9 Å². The van der Waals surface area contributed by atoms with Crippen molar-refractivity contribution >= 4 is 40.9 Å². The van der Waals surface area contributed by atoms with Crippen molar-refractivity contribution in [3.05, 3.63) is 33.4 Å². The van der Waals surface area contributed by atoms with Crippen LogP contribution in [0.4, 0.5) is 0 Å². The van der Waals surface area contributed by atoms with E-state index in [9.17, 15) is 4.79 Å². The number of esters is 1. The van der Waals surface area contributed by atoms with Crippen LogP contribution in [0.1, 0.15) is 61.3 Å². The van der Waals surface area contributed by atoms with Gasteiger partial charge in [-0.05, 0) is 73.3 Å². The molecular formula is C24H35BrN2O3Si. The Balaban J connectivity index is 1.79. The predicted octanol–water partition coefficient (Wildman–Crippen LogP) is 6.02. The van der Waals surface area contributed by atoms with Crippen LogP contribution in [0, 0.1) is 0 Å². The predicted molar refractivity (Wildman–Crippen MR) is 132 cm³/mol. The maximum absolute atomic E-state index is 13.3. The first-order chi connectivity index (χ1) is 14.4. The standard InChI is InChI=1S/C24H35BrN2O3Si/c1-24(2,3)30-23(28)20-16(25)8-10-18-22(20)21-17-9-7-15(26-17)13-19(21)27(18)14-29-11-12-31(4,5)6/h8,10,15,17,26H,7,9,11-14H2,1-6H3.